The summed E-state index contributed by atoms with van der Waals surface area (Å²) in [6.07, 6.45) is -0.795. The van der Waals surface area contributed by atoms with Crippen LogP contribution in [0.5, 0.6) is 11.5 Å². The van der Waals surface area contributed by atoms with Crippen LogP contribution >= 0.6 is 0 Å². The Bertz CT molecular complexity index is 1240. The summed E-state index contributed by atoms with van der Waals surface area (Å²) in [6.45, 7) is 12.3. The van der Waals surface area contributed by atoms with Crippen molar-refractivity contribution >= 4 is 29.1 Å². The Morgan fingerprint density at radius 1 is 1.27 bits per heavy atom. The Morgan fingerprint density at radius 3 is 2.89 bits per heavy atom. The molecule has 11 nitrogen and oxygen atoms in total. The predicted molar refractivity (Wildman–Crippen MR) is 137 cm³/mol. The summed E-state index contributed by atoms with van der Waals surface area (Å²) in [6, 6.07) is 12.3. The Morgan fingerprint density at radius 2 is 2.08 bits per heavy atom. The molecule has 0 aromatic heterocycles. The lowest BCUT2D eigenvalue weighted by molar-refractivity contribution is -0.123. The third-order valence-electron chi connectivity index (χ3n) is 5.85. The van der Waals surface area contributed by atoms with Crippen molar-refractivity contribution in [1.82, 2.24) is 20.9 Å². The molecule has 0 bridgehead atoms. The van der Waals surface area contributed by atoms with Gasteiger partial charge in [-0.05, 0) is 38.1 Å². The number of aliphatic hydroxyl groups is 1. The van der Waals surface area contributed by atoms with Crippen molar-refractivity contribution in [1.29, 1.82) is 0 Å². The Labute approximate surface area is 215 Å². The number of hydrogen-bond donors (Lipinski definition) is 4. The molecule has 2 aromatic rings. The Hall–Kier alpha value is -4.14. The number of ether oxygens (including phenoxy) is 2. The molecule has 2 aliphatic rings. The van der Waals surface area contributed by atoms with Crippen LogP contribution in [-0.2, 0) is 16.1 Å². The highest BCUT2D eigenvalue weighted by atomic mass is 16.5. The predicted octanol–water partition coefficient (Wildman–Crippen LogP) is 1.47. The second kappa shape index (κ2) is 11.3. The molecule has 1 saturated heterocycles. The molecular formula is C26H30N6O5. The van der Waals surface area contributed by atoms with Crippen LogP contribution in [0.2, 0.25) is 0 Å². The van der Waals surface area contributed by atoms with Crippen molar-refractivity contribution in [3.8, 4) is 11.5 Å². The van der Waals surface area contributed by atoms with Crippen LogP contribution < -0.4 is 25.4 Å². The summed E-state index contributed by atoms with van der Waals surface area (Å²) in [5.74, 6) is 1.19. The van der Waals surface area contributed by atoms with Gasteiger partial charge in [0.1, 0.15) is 30.8 Å². The Balaban J connectivity index is 1.17. The molecular weight excluding hydrogens is 476 g/mol. The van der Waals surface area contributed by atoms with Gasteiger partial charge in [-0.15, -0.1) is 0 Å². The third kappa shape index (κ3) is 6.97. The van der Waals surface area contributed by atoms with Crippen LogP contribution in [0.3, 0.4) is 0 Å². The molecule has 0 saturated carbocycles. The summed E-state index contributed by atoms with van der Waals surface area (Å²) in [5, 5.41) is 19.1. The number of rotatable bonds is 11. The molecule has 1 fully saturated rings. The molecule has 0 spiro atoms. The van der Waals surface area contributed by atoms with Crippen molar-refractivity contribution in [3.05, 3.63) is 59.4 Å². The maximum Gasteiger partial charge on any atom is 0.258 e. The molecule has 37 heavy (non-hydrogen) atoms. The molecule has 2 heterocycles. The highest BCUT2D eigenvalue weighted by Gasteiger charge is 2.29. The van der Waals surface area contributed by atoms with E-state index in [1.54, 1.807) is 36.4 Å². The highest BCUT2D eigenvalue weighted by molar-refractivity contribution is 6.05. The van der Waals surface area contributed by atoms with Crippen LogP contribution in [0.1, 0.15) is 19.4 Å². The molecule has 2 aromatic carbocycles. The number of β-amino-alcohol motifs (C(OH)–C–C–N with tert-alkyl or cyclic N) is 1. The van der Waals surface area contributed by atoms with E-state index in [-0.39, 0.29) is 38.1 Å². The van der Waals surface area contributed by atoms with Gasteiger partial charge in [-0.2, -0.15) is 0 Å². The number of nitrogens with zero attached hydrogens (tertiary/aromatic N) is 3. The van der Waals surface area contributed by atoms with Gasteiger partial charge >= 0.3 is 0 Å². The van der Waals surface area contributed by atoms with Gasteiger partial charge in [0.25, 0.3) is 5.91 Å². The van der Waals surface area contributed by atoms with Gasteiger partial charge in [-0.25, -0.2) is 9.84 Å². The van der Waals surface area contributed by atoms with Crippen molar-refractivity contribution in [2.24, 2.45) is 4.99 Å². The van der Waals surface area contributed by atoms with Crippen LogP contribution in [0, 0.1) is 6.57 Å². The second-order valence-corrected chi connectivity index (χ2v) is 9.50. The van der Waals surface area contributed by atoms with E-state index in [0.717, 1.165) is 11.3 Å². The minimum atomic E-state index is -0.795. The molecule has 1 atom stereocenters. The number of carbonyl (C=O) groups is 2. The summed E-state index contributed by atoms with van der Waals surface area (Å²) < 4.78 is 11.2. The molecule has 4 N–H and O–H groups in total. The normalized spacial score (nSPS) is 15.0. The first kappa shape index (κ1) is 25.9. The van der Waals surface area contributed by atoms with E-state index in [4.69, 9.17) is 16.0 Å². The van der Waals surface area contributed by atoms with Gasteiger partial charge in [0.2, 0.25) is 17.6 Å². The van der Waals surface area contributed by atoms with Crippen molar-refractivity contribution < 1.29 is 24.2 Å². The van der Waals surface area contributed by atoms with Gasteiger partial charge in [0.05, 0.1) is 12.3 Å². The largest absolute Gasteiger partial charge is 0.502 e. The average molecular weight is 507 g/mol. The minimum Gasteiger partial charge on any atom is -0.502 e. The fourth-order valence-electron chi connectivity index (χ4n) is 3.82. The second-order valence-electron chi connectivity index (χ2n) is 9.50. The van der Waals surface area contributed by atoms with E-state index in [1.165, 1.54) is 0 Å². The maximum absolute atomic E-state index is 12.4. The highest BCUT2D eigenvalue weighted by Crippen LogP contribution is 2.30. The van der Waals surface area contributed by atoms with Gasteiger partial charge < -0.3 is 30.1 Å². The number of benzene rings is 2. The molecule has 2 amide bonds. The first-order chi connectivity index (χ1) is 17.7. The lowest BCUT2D eigenvalue weighted by Gasteiger charge is -2.28. The molecule has 194 valence electrons. The monoisotopic (exact) mass is 506 g/mol. The number of aliphatic imine (C=N–C) groups is 1. The first-order valence-corrected chi connectivity index (χ1v) is 11.9. The topological polar surface area (TPSA) is 129 Å². The number of aliphatic hydroxyl groups excluding tert-OH is 1. The third-order valence-corrected chi connectivity index (χ3v) is 5.85. The molecule has 11 heteroatoms. The zero-order valence-corrected chi connectivity index (χ0v) is 20.8. The fourth-order valence-corrected chi connectivity index (χ4v) is 3.82. The number of hydrogen-bond acceptors (Lipinski definition) is 8. The van der Waals surface area contributed by atoms with E-state index in [9.17, 15) is 14.7 Å². The zero-order valence-electron chi connectivity index (χ0n) is 20.8. The first-order valence-electron chi connectivity index (χ1n) is 11.9. The summed E-state index contributed by atoms with van der Waals surface area (Å²) in [5.41, 5.74) is 1.59. The molecule has 0 unspecified atom stereocenters. The van der Waals surface area contributed by atoms with E-state index >= 15 is 0 Å². The number of fused-ring (bicyclic) bond motifs is 2. The number of amides is 2. The Kier molecular flexibility index (Phi) is 7.91. The van der Waals surface area contributed by atoms with Crippen LogP contribution in [0.25, 0.3) is 4.85 Å². The van der Waals surface area contributed by atoms with Crippen molar-refractivity contribution in [2.45, 2.75) is 32.0 Å². The average Bonchev–Trinajstić information content (AvgIpc) is 3.25. The number of para-hydroxylation sites is 2. The minimum absolute atomic E-state index is 0.0355. The summed E-state index contributed by atoms with van der Waals surface area (Å²) >= 11 is 0. The zero-order chi connectivity index (χ0) is 26.4. The quantitative estimate of drug-likeness (QED) is 0.340. The lowest BCUT2D eigenvalue weighted by Crippen LogP contribution is -2.52. The molecule has 4 rings (SSSR count). The molecule has 0 aliphatic carbocycles. The smallest absolute Gasteiger partial charge is 0.258 e. The van der Waals surface area contributed by atoms with Gasteiger partial charge in [0.15, 0.2) is 6.61 Å². The maximum atomic E-state index is 12.4. The lowest BCUT2D eigenvalue weighted by atomic mass is 10.1. The van der Waals surface area contributed by atoms with Gasteiger partial charge in [0, 0.05) is 30.7 Å². The molecule has 2 aliphatic heterocycles. The summed E-state index contributed by atoms with van der Waals surface area (Å²) in [7, 11) is 0. The van der Waals surface area contributed by atoms with E-state index in [2.05, 4.69) is 25.8 Å². The van der Waals surface area contributed by atoms with Crippen LogP contribution in [-0.4, -0.2) is 72.3 Å². The van der Waals surface area contributed by atoms with Crippen LogP contribution in [0.4, 0.5) is 11.4 Å². The van der Waals surface area contributed by atoms with E-state index in [1.807, 2.05) is 24.8 Å². The summed E-state index contributed by atoms with van der Waals surface area (Å²) in [4.78, 5) is 33.6. The standard InChI is InChI=1S/C26H30N6O5/c1-26(2,29-11-18(33)14-37-22-7-5-4-6-21(22)27-3)16-28-24(35)15-36-19-8-9-20-17(10-19)12-32-13-23(34)31-25(32)30-20/h4-10,18,29,33H,11-16H2,1-2H3,(H,28,35)(H,30,31,34)/t18-/m0/s1. The number of nitrogens with one attached hydrogen (secondary N) is 3. The van der Waals surface area contributed by atoms with Gasteiger partial charge in [-0.1, -0.05) is 18.2 Å². The fraction of sp³-hybridized carbons (Fsp3) is 0.385. The van der Waals surface area contributed by atoms with Crippen molar-refractivity contribution in [3.63, 3.8) is 0 Å². The SMILES string of the molecule is [C-]#[N+]c1ccccc1OC[C@@H](O)CNC(C)(C)CNC(=O)COc1ccc2c(c1)CN1CC(=O)NC1=N2. The van der Waals surface area contributed by atoms with Crippen LogP contribution in [0.15, 0.2) is 47.5 Å². The number of carbonyl (C=O) groups excluding carboxylic acids is 2. The van der Waals surface area contributed by atoms with E-state index in [0.29, 0.717) is 36.2 Å². The van der Waals surface area contributed by atoms with E-state index < -0.39 is 11.6 Å². The number of guanidine groups is 1. The van der Waals surface area contributed by atoms with Crippen molar-refractivity contribution in [2.75, 3.05) is 32.8 Å². The molecule has 0 radical (unpaired) electrons. The van der Waals surface area contributed by atoms with Gasteiger partial charge in [-0.3, -0.25) is 14.9 Å².